The van der Waals surface area contributed by atoms with Gasteiger partial charge in [0.15, 0.2) is 11.6 Å². The largest absolute Gasteiger partial charge is 0.492 e. The molecule has 1 saturated heterocycles. The molecule has 0 aromatic heterocycles. The number of piperidine rings is 1. The summed E-state index contributed by atoms with van der Waals surface area (Å²) in [4.78, 5) is 13.1. The molecule has 202 valence electrons. The van der Waals surface area contributed by atoms with Gasteiger partial charge in [-0.05, 0) is 59.6 Å². The number of halogens is 3. The van der Waals surface area contributed by atoms with Crippen LogP contribution in [0.2, 0.25) is 0 Å². The van der Waals surface area contributed by atoms with Gasteiger partial charge in [0.2, 0.25) is 0 Å². The van der Waals surface area contributed by atoms with E-state index in [0.29, 0.717) is 42.7 Å². The minimum absolute atomic E-state index is 0.146. The number of nitriles is 1. The molecule has 2 fully saturated rings. The molecule has 6 nitrogen and oxygen atoms in total. The maximum absolute atomic E-state index is 14.1. The fourth-order valence-corrected chi connectivity index (χ4v) is 5.58. The minimum Gasteiger partial charge on any atom is -0.492 e. The monoisotopic (exact) mass is 535 g/mol. The first-order valence-corrected chi connectivity index (χ1v) is 12.9. The predicted octanol–water partition coefficient (Wildman–Crippen LogP) is 5.21. The van der Waals surface area contributed by atoms with Crippen molar-refractivity contribution < 1.29 is 27.8 Å². The second kappa shape index (κ2) is 11.4. The summed E-state index contributed by atoms with van der Waals surface area (Å²) in [6.45, 7) is 2.83. The number of para-hydroxylation sites is 1. The Morgan fingerprint density at radius 2 is 1.74 bits per heavy atom. The van der Waals surface area contributed by atoms with Crippen LogP contribution in [0.5, 0.6) is 5.75 Å². The van der Waals surface area contributed by atoms with E-state index in [-0.39, 0.29) is 18.5 Å². The van der Waals surface area contributed by atoms with Gasteiger partial charge >= 0.3 is 5.97 Å². The molecular weight excluding hydrogens is 507 g/mol. The van der Waals surface area contributed by atoms with Crippen molar-refractivity contribution in [3.05, 3.63) is 94.8 Å². The Balaban J connectivity index is 1.10. The fraction of sp³-hybridized carbons (Fsp3) is 0.333. The molecular formula is C30H28F3N3O3. The smallest absolute Gasteiger partial charge is 0.321 e. The van der Waals surface area contributed by atoms with Crippen molar-refractivity contribution in [2.45, 2.75) is 18.9 Å². The fourth-order valence-electron chi connectivity index (χ4n) is 5.58. The molecule has 0 radical (unpaired) electrons. The number of nitrogens with zero attached hydrogens (tertiary/aromatic N) is 2. The highest BCUT2D eigenvalue weighted by Crippen LogP contribution is 2.59. The van der Waals surface area contributed by atoms with Gasteiger partial charge in [-0.15, -0.1) is 0 Å². The second-order valence-electron chi connectivity index (χ2n) is 10.1. The van der Waals surface area contributed by atoms with Crippen molar-refractivity contribution in [2.75, 3.05) is 31.6 Å². The zero-order valence-corrected chi connectivity index (χ0v) is 21.1. The molecule has 1 aliphatic carbocycles. The predicted molar refractivity (Wildman–Crippen MR) is 139 cm³/mol. The number of nitrogens with one attached hydrogen (secondary N) is 1. The molecule has 0 amide bonds. The van der Waals surface area contributed by atoms with Crippen molar-refractivity contribution in [1.29, 1.82) is 5.26 Å². The SMILES string of the molecule is N#C[C@H](Cc1ccc(OCCNc2ccccc2C2C3CN(Cc4cc(F)c(F)cc4F)C[C@@H]32)cc1)C(=O)O. The van der Waals surface area contributed by atoms with Crippen LogP contribution < -0.4 is 10.1 Å². The molecule has 1 aliphatic heterocycles. The van der Waals surface area contributed by atoms with Gasteiger partial charge in [0.1, 0.15) is 24.1 Å². The van der Waals surface area contributed by atoms with E-state index in [2.05, 4.69) is 16.3 Å². The van der Waals surface area contributed by atoms with Crippen LogP contribution in [-0.4, -0.2) is 42.2 Å². The van der Waals surface area contributed by atoms with Gasteiger partial charge in [0, 0.05) is 43.5 Å². The Morgan fingerprint density at radius 1 is 1.05 bits per heavy atom. The first-order chi connectivity index (χ1) is 18.8. The van der Waals surface area contributed by atoms with E-state index in [9.17, 15) is 18.0 Å². The van der Waals surface area contributed by atoms with Crippen molar-refractivity contribution in [3.8, 4) is 11.8 Å². The Morgan fingerprint density at radius 3 is 2.44 bits per heavy atom. The average molecular weight is 536 g/mol. The van der Waals surface area contributed by atoms with Crippen LogP contribution >= 0.6 is 0 Å². The molecule has 9 heteroatoms. The molecule has 39 heavy (non-hydrogen) atoms. The standard InChI is InChI=1S/C30H28F3N3O3/c31-25-13-27(33)26(32)12-20(25)15-36-16-23-24(17-36)29(23)22-3-1-2-4-28(22)35-9-10-39-21-7-5-18(6-8-21)11-19(14-34)30(37)38/h1-8,12-13,19,23-24,29,35H,9-11,15-17H2,(H,37,38)/t19-,23-,24?,29?/m0/s1. The summed E-state index contributed by atoms with van der Waals surface area (Å²) in [5, 5.41) is 21.4. The van der Waals surface area contributed by atoms with Gasteiger partial charge in [-0.3, -0.25) is 9.69 Å². The van der Waals surface area contributed by atoms with Crippen molar-refractivity contribution >= 4 is 11.7 Å². The number of carboxylic acids is 1. The quantitative estimate of drug-likeness (QED) is 0.259. The maximum atomic E-state index is 14.1. The van der Waals surface area contributed by atoms with Crippen molar-refractivity contribution in [1.82, 2.24) is 4.90 Å². The van der Waals surface area contributed by atoms with Crippen LogP contribution in [0.3, 0.4) is 0 Å². The highest BCUT2D eigenvalue weighted by atomic mass is 19.2. The Hall–Kier alpha value is -4.03. The molecule has 0 bridgehead atoms. The second-order valence-corrected chi connectivity index (χ2v) is 10.1. The van der Waals surface area contributed by atoms with E-state index in [1.807, 2.05) is 18.2 Å². The number of carbonyl (C=O) groups is 1. The molecule has 2 unspecified atom stereocenters. The van der Waals surface area contributed by atoms with E-state index in [1.54, 1.807) is 30.3 Å². The van der Waals surface area contributed by atoms with Gasteiger partial charge in [0.05, 0.1) is 6.07 Å². The van der Waals surface area contributed by atoms with Crippen LogP contribution in [0.25, 0.3) is 0 Å². The number of likely N-dealkylation sites (tertiary alicyclic amines) is 1. The first kappa shape index (κ1) is 26.6. The van der Waals surface area contributed by atoms with Crippen LogP contribution in [0.1, 0.15) is 22.6 Å². The van der Waals surface area contributed by atoms with Crippen molar-refractivity contribution in [2.24, 2.45) is 17.8 Å². The molecule has 5 rings (SSSR count). The number of rotatable bonds is 11. The number of carboxylic acid groups (broad SMARTS) is 1. The number of hydrogen-bond acceptors (Lipinski definition) is 5. The van der Waals surface area contributed by atoms with Gasteiger partial charge in [-0.25, -0.2) is 13.2 Å². The van der Waals surface area contributed by atoms with E-state index in [0.717, 1.165) is 30.4 Å². The van der Waals surface area contributed by atoms with Gasteiger partial charge in [0.25, 0.3) is 0 Å². The molecule has 3 aromatic carbocycles. The van der Waals surface area contributed by atoms with E-state index in [1.165, 1.54) is 5.56 Å². The molecule has 2 N–H and O–H groups in total. The number of fused-ring (bicyclic) bond motifs is 1. The van der Waals surface area contributed by atoms with Gasteiger partial charge < -0.3 is 15.2 Å². The summed E-state index contributed by atoms with van der Waals surface area (Å²) >= 11 is 0. The zero-order valence-electron chi connectivity index (χ0n) is 21.1. The van der Waals surface area contributed by atoms with Crippen LogP contribution in [0, 0.1) is 46.5 Å². The topological polar surface area (TPSA) is 85.6 Å². The normalized spacial score (nSPS) is 20.6. The third kappa shape index (κ3) is 6.02. The third-order valence-corrected chi connectivity index (χ3v) is 7.58. The number of ether oxygens (including phenoxy) is 1. The average Bonchev–Trinajstić information content (AvgIpc) is 3.42. The summed E-state index contributed by atoms with van der Waals surface area (Å²) in [6.07, 6.45) is 0.146. The lowest BCUT2D eigenvalue weighted by Gasteiger charge is -2.21. The third-order valence-electron chi connectivity index (χ3n) is 7.58. The van der Waals surface area contributed by atoms with Crippen LogP contribution in [0.4, 0.5) is 18.9 Å². The summed E-state index contributed by atoms with van der Waals surface area (Å²) in [6, 6.07) is 18.6. The van der Waals surface area contributed by atoms with E-state index in [4.69, 9.17) is 15.1 Å². The minimum atomic E-state index is -1.17. The molecule has 1 saturated carbocycles. The lowest BCUT2D eigenvalue weighted by Crippen LogP contribution is -2.24. The number of hydrogen-bond donors (Lipinski definition) is 2. The van der Waals surface area contributed by atoms with E-state index >= 15 is 0 Å². The maximum Gasteiger partial charge on any atom is 0.321 e. The number of aliphatic carboxylic acids is 1. The summed E-state index contributed by atoms with van der Waals surface area (Å²) in [5.41, 5.74) is 3.22. The Kier molecular flexibility index (Phi) is 7.75. The Bertz CT molecular complexity index is 1380. The lowest BCUT2D eigenvalue weighted by atomic mass is 10.0. The van der Waals surface area contributed by atoms with Crippen LogP contribution in [0.15, 0.2) is 60.7 Å². The molecule has 0 spiro atoms. The van der Waals surface area contributed by atoms with Gasteiger partial charge in [-0.2, -0.15) is 5.26 Å². The lowest BCUT2D eigenvalue weighted by molar-refractivity contribution is -0.139. The van der Waals surface area contributed by atoms with Gasteiger partial charge in [-0.1, -0.05) is 30.3 Å². The van der Waals surface area contributed by atoms with Crippen molar-refractivity contribution in [3.63, 3.8) is 0 Å². The number of anilines is 1. The molecule has 1 heterocycles. The summed E-state index contributed by atoms with van der Waals surface area (Å²) in [7, 11) is 0. The number of benzene rings is 3. The zero-order chi connectivity index (χ0) is 27.5. The summed E-state index contributed by atoms with van der Waals surface area (Å²) in [5.74, 6) is -3.18. The molecule has 3 aromatic rings. The highest BCUT2D eigenvalue weighted by molar-refractivity contribution is 5.73. The first-order valence-electron chi connectivity index (χ1n) is 12.9. The molecule has 4 atom stereocenters. The molecule has 2 aliphatic rings. The van der Waals surface area contributed by atoms with E-state index < -0.39 is 29.3 Å². The van der Waals surface area contributed by atoms with Crippen LogP contribution in [-0.2, 0) is 17.8 Å². The highest BCUT2D eigenvalue weighted by Gasteiger charge is 2.56. The Labute approximate surface area is 224 Å². The summed E-state index contributed by atoms with van der Waals surface area (Å²) < 4.78 is 46.7.